The molecule has 41 heavy (non-hydrogen) atoms. The highest BCUT2D eigenvalue weighted by molar-refractivity contribution is 7.86. The topological polar surface area (TPSA) is 114 Å². The number of nitrogens with one attached hydrogen (secondary N) is 2. The first-order chi connectivity index (χ1) is 19.4. The van der Waals surface area contributed by atoms with Gasteiger partial charge < -0.3 is 20.1 Å². The normalized spacial score (nSPS) is 16.5. The molecule has 0 aromatic heterocycles. The average molecular weight is 616 g/mol. The van der Waals surface area contributed by atoms with Crippen LogP contribution < -0.4 is 25.0 Å². The van der Waals surface area contributed by atoms with Gasteiger partial charge in [-0.2, -0.15) is 13.2 Å². The van der Waals surface area contributed by atoms with Crippen LogP contribution in [-0.4, -0.2) is 52.3 Å². The Bertz CT molecular complexity index is 1340. The van der Waals surface area contributed by atoms with Gasteiger partial charge in [0, 0.05) is 34.3 Å². The molecule has 2 N–H and O–H groups in total. The van der Waals surface area contributed by atoms with E-state index in [1.807, 2.05) is 0 Å². The minimum Gasteiger partial charge on any atom is -0.454 e. The molecule has 0 saturated heterocycles. The van der Waals surface area contributed by atoms with E-state index in [1.54, 1.807) is 12.1 Å². The van der Waals surface area contributed by atoms with Crippen molar-refractivity contribution >= 4 is 51.5 Å². The molecule has 4 rings (SSSR count). The largest absolute Gasteiger partial charge is 0.454 e. The van der Waals surface area contributed by atoms with Crippen molar-refractivity contribution in [2.75, 3.05) is 28.5 Å². The van der Waals surface area contributed by atoms with Crippen LogP contribution in [0.1, 0.15) is 44.6 Å². The summed E-state index contributed by atoms with van der Waals surface area (Å²) in [6.45, 7) is 1.43. The van der Waals surface area contributed by atoms with Crippen LogP contribution in [-0.2, 0) is 31.4 Å². The summed E-state index contributed by atoms with van der Waals surface area (Å²) in [6, 6.07) is 6.20. The molecule has 2 aromatic carbocycles. The van der Waals surface area contributed by atoms with Crippen LogP contribution in [0.2, 0.25) is 5.02 Å². The number of ether oxygens (including phenoxy) is 2. The monoisotopic (exact) mass is 615 g/mol. The van der Waals surface area contributed by atoms with Gasteiger partial charge in [0.25, 0.3) is 0 Å². The summed E-state index contributed by atoms with van der Waals surface area (Å²) < 4.78 is 64.1. The average Bonchev–Trinajstić information content (AvgIpc) is 3.37. The molecular formula is C27H29ClF3N3O6S. The first-order valence-electron chi connectivity index (χ1n) is 13.0. The lowest BCUT2D eigenvalue weighted by atomic mass is 9.95. The van der Waals surface area contributed by atoms with Gasteiger partial charge >= 0.3 is 6.18 Å². The van der Waals surface area contributed by atoms with Gasteiger partial charge in [0.1, 0.15) is 17.5 Å². The Labute approximate surface area is 242 Å². The van der Waals surface area contributed by atoms with Crippen molar-refractivity contribution in [1.29, 1.82) is 0 Å². The smallest absolute Gasteiger partial charge is 0.417 e. The maximum absolute atomic E-state index is 13.6. The fraction of sp³-hybridized carbons (Fsp3) is 0.444. The van der Waals surface area contributed by atoms with E-state index in [2.05, 4.69) is 10.6 Å². The van der Waals surface area contributed by atoms with Gasteiger partial charge in [-0.05, 0) is 50.1 Å². The Morgan fingerprint density at radius 1 is 1.05 bits per heavy atom. The molecule has 1 fully saturated rings. The second kappa shape index (κ2) is 13.1. The Morgan fingerprint density at radius 3 is 2.46 bits per heavy atom. The Balaban J connectivity index is 1.49. The van der Waals surface area contributed by atoms with Crippen LogP contribution in [0.5, 0.6) is 11.5 Å². The minimum absolute atomic E-state index is 0.0462. The second-order valence-electron chi connectivity index (χ2n) is 9.79. The number of carbonyl (C=O) groups is 3. The van der Waals surface area contributed by atoms with Gasteiger partial charge in [0.2, 0.25) is 24.5 Å². The first-order valence-corrected chi connectivity index (χ1v) is 14.8. The zero-order valence-electron chi connectivity index (χ0n) is 22.1. The van der Waals surface area contributed by atoms with Crippen LogP contribution in [0.3, 0.4) is 0 Å². The van der Waals surface area contributed by atoms with Gasteiger partial charge in [-0.15, -0.1) is 0 Å². The van der Waals surface area contributed by atoms with Crippen molar-refractivity contribution in [2.45, 2.75) is 57.3 Å². The maximum Gasteiger partial charge on any atom is 0.417 e. The van der Waals surface area contributed by atoms with E-state index in [1.165, 1.54) is 19.1 Å². The molecule has 14 heteroatoms. The summed E-state index contributed by atoms with van der Waals surface area (Å²) in [5, 5.41) is 4.86. The molecule has 9 nitrogen and oxygen atoms in total. The molecule has 1 aliphatic carbocycles. The maximum atomic E-state index is 13.6. The van der Waals surface area contributed by atoms with E-state index < -0.39 is 62.8 Å². The molecule has 0 spiro atoms. The number of rotatable bonds is 9. The Hall–Kier alpha value is -3.32. The molecule has 2 aromatic rings. The number of alkyl halides is 3. The third-order valence-corrected chi connectivity index (χ3v) is 8.24. The highest BCUT2D eigenvalue weighted by Crippen LogP contribution is 2.37. The zero-order chi connectivity index (χ0) is 29.7. The summed E-state index contributed by atoms with van der Waals surface area (Å²) in [5.41, 5.74) is -1.06. The zero-order valence-corrected chi connectivity index (χ0v) is 23.7. The van der Waals surface area contributed by atoms with Crippen LogP contribution in [0, 0.1) is 0 Å². The summed E-state index contributed by atoms with van der Waals surface area (Å²) in [4.78, 5) is 39.9. The molecule has 222 valence electrons. The number of halogens is 4. The van der Waals surface area contributed by atoms with Gasteiger partial charge in [0.15, 0.2) is 11.5 Å². The highest BCUT2D eigenvalue weighted by atomic mass is 35.5. The van der Waals surface area contributed by atoms with Gasteiger partial charge in [-0.25, -0.2) is 0 Å². The molecule has 2 atom stereocenters. The lowest BCUT2D eigenvalue weighted by molar-refractivity contribution is -0.137. The van der Waals surface area contributed by atoms with Gasteiger partial charge in [-0.3, -0.25) is 23.5 Å². The number of hydrogen-bond acceptors (Lipinski definition) is 6. The third-order valence-electron chi connectivity index (χ3n) is 6.75. The predicted octanol–water partition coefficient (Wildman–Crippen LogP) is 4.65. The number of benzene rings is 2. The molecule has 0 radical (unpaired) electrons. The Morgan fingerprint density at radius 2 is 1.76 bits per heavy atom. The number of hydrogen-bond donors (Lipinski definition) is 2. The highest BCUT2D eigenvalue weighted by Gasteiger charge is 2.36. The fourth-order valence-corrected chi connectivity index (χ4v) is 5.83. The molecule has 1 saturated carbocycles. The summed E-state index contributed by atoms with van der Waals surface area (Å²) in [6.07, 6.45) is -0.387. The fourth-order valence-electron chi connectivity index (χ4n) is 4.73. The van der Waals surface area contributed by atoms with E-state index in [-0.39, 0.29) is 18.5 Å². The second-order valence-corrected chi connectivity index (χ2v) is 11.7. The van der Waals surface area contributed by atoms with E-state index in [4.69, 9.17) is 21.1 Å². The van der Waals surface area contributed by atoms with E-state index in [9.17, 15) is 31.8 Å². The van der Waals surface area contributed by atoms with Crippen molar-refractivity contribution in [1.82, 2.24) is 5.32 Å². The molecule has 2 aliphatic rings. The van der Waals surface area contributed by atoms with Crippen LogP contribution in [0.25, 0.3) is 0 Å². The van der Waals surface area contributed by atoms with Crippen LogP contribution in [0.15, 0.2) is 36.4 Å². The summed E-state index contributed by atoms with van der Waals surface area (Å²) >= 11 is 5.76. The van der Waals surface area contributed by atoms with E-state index in [0.29, 0.717) is 23.3 Å². The number of nitrogens with zero attached hydrogens (tertiary/aromatic N) is 1. The van der Waals surface area contributed by atoms with Crippen LogP contribution >= 0.6 is 11.6 Å². The summed E-state index contributed by atoms with van der Waals surface area (Å²) in [5.74, 6) is -2.44. The number of amides is 3. The van der Waals surface area contributed by atoms with Crippen molar-refractivity contribution in [2.24, 2.45) is 0 Å². The quantitative estimate of drug-likeness (QED) is 0.425. The molecule has 0 unspecified atom stereocenters. The van der Waals surface area contributed by atoms with Crippen molar-refractivity contribution < 1.29 is 41.2 Å². The number of anilines is 2. The van der Waals surface area contributed by atoms with E-state index >= 15 is 0 Å². The molecule has 0 bridgehead atoms. The van der Waals surface area contributed by atoms with Crippen molar-refractivity contribution in [3.05, 3.63) is 47.0 Å². The molecule has 1 heterocycles. The van der Waals surface area contributed by atoms with Crippen molar-refractivity contribution in [3.63, 3.8) is 0 Å². The standard InChI is InChI=1S/C27H29ClF3N3O6S/c1-16(26(37)33-17-5-3-2-4-6-17)34(19-8-9-21(28)20(12-19)27(29,30)31)25(36)14-41(38)13-24(35)32-18-7-10-22-23(11-18)40-15-39-22/h7-12,16-17H,2-6,13-15H2,1H3,(H,32,35)(H,33,37)/t16-,41+/m1/s1. The lowest BCUT2D eigenvalue weighted by Crippen LogP contribution is -2.52. The van der Waals surface area contributed by atoms with Gasteiger partial charge in [-0.1, -0.05) is 30.9 Å². The first kappa shape index (κ1) is 30.6. The SMILES string of the molecule is C[C@H](C(=O)NC1CCCCC1)N(C(=O)C[S@@](=O)CC(=O)Nc1ccc2c(c1)OCO2)c1ccc(Cl)c(C(F)(F)F)c1. The van der Waals surface area contributed by atoms with E-state index in [0.717, 1.165) is 43.1 Å². The molecular weight excluding hydrogens is 587 g/mol. The minimum atomic E-state index is -4.81. The number of fused-ring (bicyclic) bond motifs is 1. The van der Waals surface area contributed by atoms with Crippen LogP contribution in [0.4, 0.5) is 24.5 Å². The van der Waals surface area contributed by atoms with Crippen molar-refractivity contribution in [3.8, 4) is 11.5 Å². The number of carbonyl (C=O) groups excluding carboxylic acids is 3. The van der Waals surface area contributed by atoms with Gasteiger partial charge in [0.05, 0.1) is 10.6 Å². The molecule has 1 aliphatic heterocycles. The third kappa shape index (κ3) is 7.91. The molecule has 3 amide bonds. The summed E-state index contributed by atoms with van der Waals surface area (Å²) in [7, 11) is -2.05. The predicted molar refractivity (Wildman–Crippen MR) is 147 cm³/mol. The Kier molecular flexibility index (Phi) is 9.80. The lowest BCUT2D eigenvalue weighted by Gasteiger charge is -2.31.